The van der Waals surface area contributed by atoms with E-state index in [4.69, 9.17) is 0 Å². The zero-order valence-electron chi connectivity index (χ0n) is 12.7. The summed E-state index contributed by atoms with van der Waals surface area (Å²) < 4.78 is 4.31. The summed E-state index contributed by atoms with van der Waals surface area (Å²) in [5.41, 5.74) is 1.56. The number of amides is 2. The molecule has 0 aliphatic carbocycles. The molecule has 0 bridgehead atoms. The lowest BCUT2D eigenvalue weighted by Gasteiger charge is -2.10. The third-order valence-electron chi connectivity index (χ3n) is 2.81. The molecule has 2 rings (SSSR count). The first kappa shape index (κ1) is 16.1. The lowest BCUT2D eigenvalue weighted by atomic mass is 10.2. The highest BCUT2D eigenvalue weighted by Gasteiger charge is 2.23. The van der Waals surface area contributed by atoms with Gasteiger partial charge in [-0.25, -0.2) is 0 Å². The van der Waals surface area contributed by atoms with Gasteiger partial charge >= 0.3 is 0 Å². The standard InChI is InChI=1S/C15H18N4O2S/c1-4-11(20)18-13-12(10-7-5-6-8-16-10)19-22-14(13)15(21)17-9(2)3/h5-9H,4H2,1-3H3,(H,17,21)(H,18,20). The highest BCUT2D eigenvalue weighted by atomic mass is 32.1. The van der Waals surface area contributed by atoms with Crippen molar-refractivity contribution in [3.8, 4) is 11.4 Å². The average Bonchev–Trinajstić information content (AvgIpc) is 2.91. The van der Waals surface area contributed by atoms with Gasteiger partial charge in [-0.3, -0.25) is 14.6 Å². The summed E-state index contributed by atoms with van der Waals surface area (Å²) in [6.45, 7) is 5.51. The molecule has 0 aliphatic heterocycles. The van der Waals surface area contributed by atoms with Crippen molar-refractivity contribution in [2.24, 2.45) is 0 Å². The van der Waals surface area contributed by atoms with Gasteiger partial charge in [-0.15, -0.1) is 0 Å². The van der Waals surface area contributed by atoms with Crippen molar-refractivity contribution in [1.29, 1.82) is 0 Å². The fourth-order valence-electron chi connectivity index (χ4n) is 1.79. The molecule has 2 amide bonds. The number of hydrogen-bond donors (Lipinski definition) is 2. The minimum atomic E-state index is -0.249. The van der Waals surface area contributed by atoms with Gasteiger partial charge in [-0.1, -0.05) is 13.0 Å². The van der Waals surface area contributed by atoms with Crippen LogP contribution in [-0.2, 0) is 4.79 Å². The van der Waals surface area contributed by atoms with Crippen LogP contribution < -0.4 is 10.6 Å². The Morgan fingerprint density at radius 3 is 2.68 bits per heavy atom. The predicted molar refractivity (Wildman–Crippen MR) is 86.9 cm³/mol. The predicted octanol–water partition coefficient (Wildman–Crippen LogP) is 2.69. The molecular formula is C15H18N4O2S. The van der Waals surface area contributed by atoms with Crippen LogP contribution in [0.4, 0.5) is 5.69 Å². The number of nitrogens with zero attached hydrogens (tertiary/aromatic N) is 2. The monoisotopic (exact) mass is 318 g/mol. The van der Waals surface area contributed by atoms with Crippen LogP contribution >= 0.6 is 11.5 Å². The van der Waals surface area contributed by atoms with Gasteiger partial charge in [0.1, 0.15) is 10.6 Å². The summed E-state index contributed by atoms with van der Waals surface area (Å²) in [4.78, 5) is 28.7. The molecule has 22 heavy (non-hydrogen) atoms. The minimum Gasteiger partial charge on any atom is -0.349 e. The smallest absolute Gasteiger partial charge is 0.265 e. The molecule has 0 saturated carbocycles. The summed E-state index contributed by atoms with van der Waals surface area (Å²) in [5, 5.41) is 5.58. The summed E-state index contributed by atoms with van der Waals surface area (Å²) in [5.74, 6) is -0.419. The molecule has 6 nitrogen and oxygen atoms in total. The van der Waals surface area contributed by atoms with Crippen LogP contribution in [0, 0.1) is 0 Å². The molecule has 0 fully saturated rings. The second kappa shape index (κ2) is 7.13. The molecule has 7 heteroatoms. The number of rotatable bonds is 5. The molecule has 116 valence electrons. The van der Waals surface area contributed by atoms with E-state index in [9.17, 15) is 9.59 Å². The van der Waals surface area contributed by atoms with Gasteiger partial charge in [0, 0.05) is 18.7 Å². The summed E-state index contributed by atoms with van der Waals surface area (Å²) in [7, 11) is 0. The van der Waals surface area contributed by atoms with E-state index in [0.717, 1.165) is 11.5 Å². The third kappa shape index (κ3) is 3.67. The van der Waals surface area contributed by atoms with E-state index in [-0.39, 0.29) is 17.9 Å². The molecule has 2 heterocycles. The zero-order chi connectivity index (χ0) is 16.1. The Morgan fingerprint density at radius 2 is 2.09 bits per heavy atom. The first-order chi connectivity index (χ1) is 10.5. The quantitative estimate of drug-likeness (QED) is 0.888. The highest BCUT2D eigenvalue weighted by molar-refractivity contribution is 7.09. The summed E-state index contributed by atoms with van der Waals surface area (Å²) in [6, 6.07) is 5.43. The van der Waals surface area contributed by atoms with E-state index in [1.165, 1.54) is 0 Å². The number of pyridine rings is 1. The van der Waals surface area contributed by atoms with Crippen molar-refractivity contribution in [3.63, 3.8) is 0 Å². The van der Waals surface area contributed by atoms with Gasteiger partial charge in [0.15, 0.2) is 0 Å². The maximum Gasteiger partial charge on any atom is 0.265 e. The number of nitrogens with one attached hydrogen (secondary N) is 2. The van der Waals surface area contributed by atoms with Crippen molar-refractivity contribution in [2.45, 2.75) is 33.2 Å². The molecule has 0 saturated heterocycles. The SMILES string of the molecule is CCC(=O)Nc1c(-c2ccccn2)nsc1C(=O)NC(C)C. The Kier molecular flexibility index (Phi) is 5.21. The topological polar surface area (TPSA) is 84.0 Å². The van der Waals surface area contributed by atoms with E-state index in [1.54, 1.807) is 25.3 Å². The lowest BCUT2D eigenvalue weighted by molar-refractivity contribution is -0.115. The average molecular weight is 318 g/mol. The highest BCUT2D eigenvalue weighted by Crippen LogP contribution is 2.32. The second-order valence-electron chi connectivity index (χ2n) is 4.98. The molecule has 0 aromatic carbocycles. The van der Waals surface area contributed by atoms with Crippen molar-refractivity contribution in [1.82, 2.24) is 14.7 Å². The number of anilines is 1. The van der Waals surface area contributed by atoms with E-state index < -0.39 is 0 Å². The Balaban J connectivity index is 2.44. The Hall–Kier alpha value is -2.28. The minimum absolute atomic E-state index is 0.00243. The van der Waals surface area contributed by atoms with Crippen LogP contribution in [0.15, 0.2) is 24.4 Å². The first-order valence-corrected chi connectivity index (χ1v) is 7.82. The van der Waals surface area contributed by atoms with Crippen LogP contribution in [0.3, 0.4) is 0 Å². The van der Waals surface area contributed by atoms with Crippen LogP contribution in [0.25, 0.3) is 11.4 Å². The van der Waals surface area contributed by atoms with Gasteiger partial charge in [0.2, 0.25) is 5.91 Å². The zero-order valence-corrected chi connectivity index (χ0v) is 13.5. The summed E-state index contributed by atoms with van der Waals surface area (Å²) >= 11 is 1.06. The second-order valence-corrected chi connectivity index (χ2v) is 5.75. The number of carbonyl (C=O) groups is 2. The number of aromatic nitrogens is 2. The molecule has 0 atom stereocenters. The molecule has 2 N–H and O–H groups in total. The Morgan fingerprint density at radius 1 is 1.32 bits per heavy atom. The molecule has 0 aliphatic rings. The van der Waals surface area contributed by atoms with Gasteiger partial charge in [0.05, 0.1) is 11.4 Å². The van der Waals surface area contributed by atoms with E-state index >= 15 is 0 Å². The maximum absolute atomic E-state index is 12.3. The van der Waals surface area contributed by atoms with Crippen LogP contribution in [0.1, 0.15) is 36.9 Å². The van der Waals surface area contributed by atoms with Crippen LogP contribution in [-0.4, -0.2) is 27.2 Å². The van der Waals surface area contributed by atoms with Crippen molar-refractivity contribution in [3.05, 3.63) is 29.3 Å². The normalized spacial score (nSPS) is 10.5. The molecule has 0 spiro atoms. The van der Waals surface area contributed by atoms with Crippen molar-refractivity contribution in [2.75, 3.05) is 5.32 Å². The van der Waals surface area contributed by atoms with Crippen molar-refractivity contribution < 1.29 is 9.59 Å². The van der Waals surface area contributed by atoms with Crippen molar-refractivity contribution >= 4 is 29.0 Å². The lowest BCUT2D eigenvalue weighted by Crippen LogP contribution is -2.30. The van der Waals surface area contributed by atoms with Gasteiger partial charge in [0.25, 0.3) is 5.91 Å². The van der Waals surface area contributed by atoms with Crippen LogP contribution in [0.2, 0.25) is 0 Å². The van der Waals surface area contributed by atoms with E-state index in [0.29, 0.717) is 28.4 Å². The van der Waals surface area contributed by atoms with Gasteiger partial charge < -0.3 is 10.6 Å². The van der Waals surface area contributed by atoms with Gasteiger partial charge in [-0.05, 0) is 37.5 Å². The van der Waals surface area contributed by atoms with Crippen LogP contribution in [0.5, 0.6) is 0 Å². The molecule has 2 aromatic rings. The third-order valence-corrected chi connectivity index (χ3v) is 3.66. The largest absolute Gasteiger partial charge is 0.349 e. The molecule has 2 aromatic heterocycles. The number of hydrogen-bond acceptors (Lipinski definition) is 5. The molecule has 0 unspecified atom stereocenters. The molecular weight excluding hydrogens is 300 g/mol. The van der Waals surface area contributed by atoms with Gasteiger partial charge in [-0.2, -0.15) is 4.37 Å². The maximum atomic E-state index is 12.3. The first-order valence-electron chi connectivity index (χ1n) is 7.04. The number of carbonyl (C=O) groups excluding carboxylic acids is 2. The fourth-order valence-corrected chi connectivity index (χ4v) is 2.54. The fraction of sp³-hybridized carbons (Fsp3) is 0.333. The Bertz CT molecular complexity index is 667. The Labute approximate surface area is 133 Å². The summed E-state index contributed by atoms with van der Waals surface area (Å²) in [6.07, 6.45) is 1.97. The molecule has 0 radical (unpaired) electrons. The van der Waals surface area contributed by atoms with E-state index in [2.05, 4.69) is 20.0 Å². The van der Waals surface area contributed by atoms with E-state index in [1.807, 2.05) is 19.9 Å².